The summed E-state index contributed by atoms with van der Waals surface area (Å²) in [5, 5.41) is 3.73. The van der Waals surface area contributed by atoms with Crippen LogP contribution in [0.5, 0.6) is 0 Å². The zero-order valence-electron chi connectivity index (χ0n) is 16.1. The molecule has 0 amide bonds. The average Bonchev–Trinajstić information content (AvgIpc) is 3.37. The van der Waals surface area contributed by atoms with Crippen molar-refractivity contribution in [3.63, 3.8) is 0 Å². The van der Waals surface area contributed by atoms with E-state index in [4.69, 9.17) is 9.98 Å². The molecule has 0 bridgehead atoms. The molecule has 2 heterocycles. The molecule has 2 fully saturated rings. The molecule has 0 aromatic carbocycles. The number of hydrogen-bond acceptors (Lipinski definition) is 4. The monoisotopic (exact) mass is 344 g/mol. The molecule has 0 aromatic rings. The van der Waals surface area contributed by atoms with E-state index in [9.17, 15) is 0 Å². The molecular weight excluding hydrogens is 308 g/mol. The number of nitrogens with one attached hydrogen (secondary N) is 1. The number of amidine groups is 2. The van der Waals surface area contributed by atoms with Crippen LogP contribution in [0.1, 0.15) is 77.6 Å². The van der Waals surface area contributed by atoms with Crippen molar-refractivity contribution in [1.82, 2.24) is 10.2 Å². The van der Waals surface area contributed by atoms with Crippen molar-refractivity contribution in [2.45, 2.75) is 89.6 Å². The van der Waals surface area contributed by atoms with E-state index in [0.717, 1.165) is 24.9 Å². The smallest absolute Gasteiger partial charge is 0.102 e. The molecule has 0 aromatic heterocycles. The van der Waals surface area contributed by atoms with E-state index >= 15 is 0 Å². The summed E-state index contributed by atoms with van der Waals surface area (Å²) in [5.41, 5.74) is 0. The maximum Gasteiger partial charge on any atom is 0.102 e. The number of aliphatic imine (C=N–C) groups is 2. The Kier molecular flexibility index (Phi) is 5.62. The largest absolute Gasteiger partial charge is 0.369 e. The molecule has 1 N–H and O–H groups in total. The zero-order chi connectivity index (χ0) is 17.1. The molecule has 0 unspecified atom stereocenters. The SMILES string of the molecule is C[C@H]1CN(CCCC[C@H]2CN=C(C3CCCC3)N2)C(C2CCCC2)=N1. The standard InChI is InChI=1S/C21H36N4/c1-16-15-25(21(23-16)18-10-4-5-11-18)13-7-6-12-19-14-22-20(24-19)17-8-2-3-9-17/h16-19H,2-15H2,1H3,(H,22,24)/t16-,19-/m0/s1. The van der Waals surface area contributed by atoms with Crippen molar-refractivity contribution in [1.29, 1.82) is 0 Å². The van der Waals surface area contributed by atoms with Gasteiger partial charge in [-0.15, -0.1) is 0 Å². The molecular formula is C21H36N4. The molecule has 2 aliphatic heterocycles. The second-order valence-corrected chi connectivity index (χ2v) is 8.81. The molecule has 4 rings (SSSR count). The van der Waals surface area contributed by atoms with Crippen molar-refractivity contribution < 1.29 is 0 Å². The van der Waals surface area contributed by atoms with E-state index in [0.29, 0.717) is 12.1 Å². The van der Waals surface area contributed by atoms with Crippen LogP contribution in [0, 0.1) is 11.8 Å². The lowest BCUT2D eigenvalue weighted by Crippen LogP contribution is -2.35. The Morgan fingerprint density at radius 3 is 2.48 bits per heavy atom. The van der Waals surface area contributed by atoms with E-state index in [1.807, 2.05) is 0 Å². The van der Waals surface area contributed by atoms with Crippen LogP contribution in [0.3, 0.4) is 0 Å². The predicted octanol–water partition coefficient (Wildman–Crippen LogP) is 4.01. The Morgan fingerprint density at radius 2 is 1.72 bits per heavy atom. The molecule has 4 aliphatic rings. The average molecular weight is 345 g/mol. The summed E-state index contributed by atoms with van der Waals surface area (Å²) in [6.45, 7) is 5.66. The summed E-state index contributed by atoms with van der Waals surface area (Å²) < 4.78 is 0. The van der Waals surface area contributed by atoms with Crippen molar-refractivity contribution >= 4 is 11.7 Å². The summed E-state index contributed by atoms with van der Waals surface area (Å²) in [6.07, 6.45) is 15.0. The molecule has 2 atom stereocenters. The summed E-state index contributed by atoms with van der Waals surface area (Å²) in [4.78, 5) is 12.4. The van der Waals surface area contributed by atoms with Gasteiger partial charge in [0.2, 0.25) is 0 Å². The molecule has 140 valence electrons. The third-order valence-electron chi connectivity index (χ3n) is 6.69. The minimum Gasteiger partial charge on any atom is -0.369 e. The van der Waals surface area contributed by atoms with Gasteiger partial charge in [-0.25, -0.2) is 0 Å². The topological polar surface area (TPSA) is 40.0 Å². The number of rotatable bonds is 7. The fourth-order valence-corrected chi connectivity index (χ4v) is 5.33. The summed E-state index contributed by atoms with van der Waals surface area (Å²) in [6, 6.07) is 1.12. The highest BCUT2D eigenvalue weighted by molar-refractivity contribution is 5.87. The zero-order valence-corrected chi connectivity index (χ0v) is 16.1. The highest BCUT2D eigenvalue weighted by Crippen LogP contribution is 2.30. The van der Waals surface area contributed by atoms with Gasteiger partial charge in [0.05, 0.1) is 18.4 Å². The van der Waals surface area contributed by atoms with Gasteiger partial charge in [-0.2, -0.15) is 0 Å². The quantitative estimate of drug-likeness (QED) is 0.709. The first kappa shape index (κ1) is 17.4. The Morgan fingerprint density at radius 1 is 1.00 bits per heavy atom. The maximum absolute atomic E-state index is 4.97. The molecule has 0 radical (unpaired) electrons. The fourth-order valence-electron chi connectivity index (χ4n) is 5.33. The van der Waals surface area contributed by atoms with Crippen LogP contribution in [0.2, 0.25) is 0 Å². The van der Waals surface area contributed by atoms with Gasteiger partial charge in [0.1, 0.15) is 5.84 Å². The van der Waals surface area contributed by atoms with E-state index in [2.05, 4.69) is 17.1 Å². The van der Waals surface area contributed by atoms with Gasteiger partial charge in [-0.3, -0.25) is 9.98 Å². The second kappa shape index (κ2) is 8.09. The predicted molar refractivity (Wildman–Crippen MR) is 105 cm³/mol. The Balaban J connectivity index is 1.16. The van der Waals surface area contributed by atoms with Gasteiger partial charge in [-0.1, -0.05) is 25.7 Å². The third kappa shape index (κ3) is 4.20. The molecule has 0 spiro atoms. The first-order chi connectivity index (χ1) is 12.3. The van der Waals surface area contributed by atoms with Crippen LogP contribution in [0.15, 0.2) is 9.98 Å². The highest BCUT2D eigenvalue weighted by atomic mass is 15.3. The van der Waals surface area contributed by atoms with Gasteiger partial charge in [0.15, 0.2) is 0 Å². The Hall–Kier alpha value is -1.06. The van der Waals surface area contributed by atoms with Crippen LogP contribution in [-0.2, 0) is 0 Å². The van der Waals surface area contributed by atoms with Gasteiger partial charge < -0.3 is 10.2 Å². The Bertz CT molecular complexity index is 500. The second-order valence-electron chi connectivity index (χ2n) is 8.81. The van der Waals surface area contributed by atoms with Gasteiger partial charge >= 0.3 is 0 Å². The van der Waals surface area contributed by atoms with E-state index in [1.165, 1.54) is 88.8 Å². The van der Waals surface area contributed by atoms with Gasteiger partial charge in [0.25, 0.3) is 0 Å². The highest BCUT2D eigenvalue weighted by Gasteiger charge is 2.30. The van der Waals surface area contributed by atoms with Crippen molar-refractivity contribution in [2.75, 3.05) is 19.6 Å². The summed E-state index contributed by atoms with van der Waals surface area (Å²) in [5.74, 6) is 4.31. The lowest BCUT2D eigenvalue weighted by Gasteiger charge is -2.24. The number of hydrogen-bond donors (Lipinski definition) is 1. The molecule has 0 saturated heterocycles. The number of nitrogens with zero attached hydrogens (tertiary/aromatic N) is 3. The first-order valence-electron chi connectivity index (χ1n) is 10.9. The van der Waals surface area contributed by atoms with E-state index in [-0.39, 0.29) is 0 Å². The lowest BCUT2D eigenvalue weighted by molar-refractivity contribution is 0.390. The van der Waals surface area contributed by atoms with Crippen molar-refractivity contribution in [3.8, 4) is 0 Å². The summed E-state index contributed by atoms with van der Waals surface area (Å²) in [7, 11) is 0. The van der Waals surface area contributed by atoms with Crippen molar-refractivity contribution in [2.24, 2.45) is 21.8 Å². The minimum absolute atomic E-state index is 0.509. The normalized spacial score (nSPS) is 30.8. The van der Waals surface area contributed by atoms with Crippen molar-refractivity contribution in [3.05, 3.63) is 0 Å². The maximum atomic E-state index is 4.97. The molecule has 25 heavy (non-hydrogen) atoms. The fraction of sp³-hybridized carbons (Fsp3) is 0.905. The van der Waals surface area contributed by atoms with E-state index < -0.39 is 0 Å². The molecule has 2 saturated carbocycles. The van der Waals surface area contributed by atoms with Gasteiger partial charge in [0, 0.05) is 31.0 Å². The first-order valence-corrected chi connectivity index (χ1v) is 10.9. The molecule has 4 heteroatoms. The van der Waals surface area contributed by atoms with Crippen LogP contribution >= 0.6 is 0 Å². The lowest BCUT2D eigenvalue weighted by atomic mass is 10.1. The van der Waals surface area contributed by atoms with Gasteiger partial charge in [-0.05, 0) is 51.9 Å². The number of unbranched alkanes of at least 4 members (excludes halogenated alkanes) is 1. The van der Waals surface area contributed by atoms with Crippen LogP contribution in [0.4, 0.5) is 0 Å². The van der Waals surface area contributed by atoms with Crippen LogP contribution in [0.25, 0.3) is 0 Å². The molecule has 4 nitrogen and oxygen atoms in total. The minimum atomic E-state index is 0.509. The molecule has 2 aliphatic carbocycles. The third-order valence-corrected chi connectivity index (χ3v) is 6.69. The summed E-state index contributed by atoms with van der Waals surface area (Å²) >= 11 is 0. The van der Waals surface area contributed by atoms with E-state index in [1.54, 1.807) is 0 Å². The Labute approximate surface area is 153 Å². The van der Waals surface area contributed by atoms with Crippen LogP contribution < -0.4 is 5.32 Å². The van der Waals surface area contributed by atoms with Crippen LogP contribution in [-0.4, -0.2) is 48.3 Å².